The molecule has 0 aliphatic heterocycles. The summed E-state index contributed by atoms with van der Waals surface area (Å²) in [6.07, 6.45) is 13.4. The molecule has 0 aromatic heterocycles. The van der Waals surface area contributed by atoms with Gasteiger partial charge >= 0.3 is 0 Å². The molecule has 0 saturated carbocycles. The summed E-state index contributed by atoms with van der Waals surface area (Å²) < 4.78 is 49.0. The molecule has 3 rings (SSSR count). The molecular formula is C28H27F2NO5. The quantitative estimate of drug-likeness (QED) is 0.316. The summed E-state index contributed by atoms with van der Waals surface area (Å²) in [5.74, 6) is -0.347. The van der Waals surface area contributed by atoms with Crippen LogP contribution in [0.1, 0.15) is 11.1 Å². The molecule has 0 heterocycles. The van der Waals surface area contributed by atoms with Gasteiger partial charge in [-0.3, -0.25) is 4.79 Å². The van der Waals surface area contributed by atoms with Crippen molar-refractivity contribution >= 4 is 23.6 Å². The van der Waals surface area contributed by atoms with Gasteiger partial charge in [-0.1, -0.05) is 30.4 Å². The van der Waals surface area contributed by atoms with Crippen LogP contribution in [-0.4, -0.2) is 34.2 Å². The molecule has 2 aromatic carbocycles. The zero-order valence-corrected chi connectivity index (χ0v) is 20.4. The van der Waals surface area contributed by atoms with E-state index in [9.17, 15) is 13.6 Å². The molecule has 36 heavy (non-hydrogen) atoms. The Morgan fingerprint density at radius 3 is 2.22 bits per heavy atom. The molecule has 0 spiro atoms. The predicted octanol–water partition coefficient (Wildman–Crippen LogP) is 6.12. The fourth-order valence-corrected chi connectivity index (χ4v) is 3.47. The molecular weight excluding hydrogens is 468 g/mol. The lowest BCUT2D eigenvalue weighted by Gasteiger charge is -2.13. The second kappa shape index (κ2) is 12.4. The van der Waals surface area contributed by atoms with Crippen LogP contribution in [0.3, 0.4) is 0 Å². The highest BCUT2D eigenvalue weighted by atomic mass is 19.1. The summed E-state index contributed by atoms with van der Waals surface area (Å²) in [7, 11) is 5.93. The second-order valence-corrected chi connectivity index (χ2v) is 7.57. The Bertz CT molecular complexity index is 1240. The number of ether oxygens (including phenoxy) is 4. The summed E-state index contributed by atoms with van der Waals surface area (Å²) >= 11 is 0. The van der Waals surface area contributed by atoms with Crippen molar-refractivity contribution in [2.45, 2.75) is 0 Å². The number of hydrogen-bond donors (Lipinski definition) is 1. The van der Waals surface area contributed by atoms with Crippen molar-refractivity contribution in [2.75, 3.05) is 33.8 Å². The molecule has 1 unspecified atom stereocenters. The highest BCUT2D eigenvalue weighted by molar-refractivity contribution is 5.95. The summed E-state index contributed by atoms with van der Waals surface area (Å²) in [6, 6.07) is 6.32. The number of halogens is 2. The SMILES string of the molecule is COc1cc(N/C=C\C(=O)C2C=CC=C(F)C=C2)c(/C=C\c2cc(OC)c(OC)c(OC)c2)cc1F. The van der Waals surface area contributed by atoms with E-state index in [-0.39, 0.29) is 11.5 Å². The largest absolute Gasteiger partial charge is 0.494 e. The van der Waals surface area contributed by atoms with Crippen LogP contribution in [0, 0.1) is 11.7 Å². The van der Waals surface area contributed by atoms with E-state index in [4.69, 9.17) is 18.9 Å². The molecule has 2 aromatic rings. The molecule has 8 heteroatoms. The first-order valence-electron chi connectivity index (χ1n) is 10.9. The van der Waals surface area contributed by atoms with Crippen LogP contribution in [0.4, 0.5) is 14.5 Å². The molecule has 0 bridgehead atoms. The van der Waals surface area contributed by atoms with Gasteiger partial charge in [0.25, 0.3) is 0 Å². The van der Waals surface area contributed by atoms with E-state index < -0.39 is 17.6 Å². The summed E-state index contributed by atoms with van der Waals surface area (Å²) in [6.45, 7) is 0. The van der Waals surface area contributed by atoms with Gasteiger partial charge in [0.15, 0.2) is 28.8 Å². The summed E-state index contributed by atoms with van der Waals surface area (Å²) in [4.78, 5) is 12.5. The fraction of sp³-hybridized carbons (Fsp3) is 0.179. The Hall–Kier alpha value is -4.33. The smallest absolute Gasteiger partial charge is 0.203 e. The first kappa shape index (κ1) is 26.3. The van der Waals surface area contributed by atoms with E-state index >= 15 is 0 Å². The third-order valence-corrected chi connectivity index (χ3v) is 5.32. The van der Waals surface area contributed by atoms with Crippen molar-refractivity contribution in [2.24, 2.45) is 5.92 Å². The average molecular weight is 496 g/mol. The summed E-state index contributed by atoms with van der Waals surface area (Å²) in [5, 5.41) is 3.01. The first-order chi connectivity index (χ1) is 17.4. The van der Waals surface area contributed by atoms with Gasteiger partial charge < -0.3 is 24.3 Å². The number of rotatable bonds is 10. The van der Waals surface area contributed by atoms with Crippen LogP contribution in [0.15, 0.2) is 72.7 Å². The molecule has 1 N–H and O–H groups in total. The Labute approximate surface area is 208 Å². The van der Waals surface area contributed by atoms with E-state index in [0.29, 0.717) is 28.5 Å². The van der Waals surface area contributed by atoms with Gasteiger partial charge in [0.2, 0.25) is 5.75 Å². The molecule has 0 fully saturated rings. The van der Waals surface area contributed by atoms with Gasteiger partial charge in [-0.25, -0.2) is 8.78 Å². The Morgan fingerprint density at radius 2 is 1.58 bits per heavy atom. The second-order valence-electron chi connectivity index (χ2n) is 7.57. The lowest BCUT2D eigenvalue weighted by molar-refractivity contribution is -0.115. The van der Waals surface area contributed by atoms with E-state index in [1.165, 1.54) is 77.2 Å². The Morgan fingerprint density at radius 1 is 0.889 bits per heavy atom. The fourth-order valence-electron chi connectivity index (χ4n) is 3.47. The number of hydrogen-bond acceptors (Lipinski definition) is 6. The van der Waals surface area contributed by atoms with Crippen LogP contribution >= 0.6 is 0 Å². The van der Waals surface area contributed by atoms with Crippen molar-refractivity contribution < 1.29 is 32.5 Å². The standard InChI is InChI=1S/C28H27F2NO5/c1-33-25-17-23(31-13-12-24(32)19-6-5-7-21(29)11-10-19)20(16-22(25)30)9-8-18-14-26(34-2)28(36-4)27(15-18)35-3/h5-17,19,31H,1-4H3/b9-8-,13-12-. The van der Waals surface area contributed by atoms with Gasteiger partial charge in [-0.05, 0) is 42.0 Å². The molecule has 0 radical (unpaired) electrons. The molecule has 1 atom stereocenters. The van der Waals surface area contributed by atoms with Crippen molar-refractivity contribution in [1.29, 1.82) is 0 Å². The van der Waals surface area contributed by atoms with E-state index in [1.54, 1.807) is 30.4 Å². The number of benzene rings is 2. The normalized spacial score (nSPS) is 15.1. The van der Waals surface area contributed by atoms with Crippen molar-refractivity contribution in [3.05, 3.63) is 89.7 Å². The molecule has 0 amide bonds. The maximum atomic E-state index is 14.5. The minimum atomic E-state index is -0.588. The van der Waals surface area contributed by atoms with Crippen LogP contribution in [-0.2, 0) is 4.79 Å². The van der Waals surface area contributed by atoms with Crippen LogP contribution in [0.2, 0.25) is 0 Å². The van der Waals surface area contributed by atoms with Crippen molar-refractivity contribution in [3.63, 3.8) is 0 Å². The Kier molecular flexibility index (Phi) is 9.05. The third-order valence-electron chi connectivity index (χ3n) is 5.32. The maximum absolute atomic E-state index is 14.5. The van der Waals surface area contributed by atoms with Crippen LogP contribution < -0.4 is 24.3 Å². The van der Waals surface area contributed by atoms with Gasteiger partial charge in [0.05, 0.1) is 34.4 Å². The van der Waals surface area contributed by atoms with Crippen LogP contribution in [0.25, 0.3) is 12.2 Å². The number of anilines is 1. The van der Waals surface area contributed by atoms with E-state index in [1.807, 2.05) is 0 Å². The topological polar surface area (TPSA) is 66.0 Å². The Balaban J connectivity index is 1.87. The average Bonchev–Trinajstić information content (AvgIpc) is 3.11. The highest BCUT2D eigenvalue weighted by Gasteiger charge is 2.14. The van der Waals surface area contributed by atoms with E-state index in [0.717, 1.165) is 5.56 Å². The highest BCUT2D eigenvalue weighted by Crippen LogP contribution is 2.39. The monoisotopic (exact) mass is 495 g/mol. The molecule has 0 saturated heterocycles. The minimum absolute atomic E-state index is 0.0401. The van der Waals surface area contributed by atoms with Crippen molar-refractivity contribution in [1.82, 2.24) is 0 Å². The first-order valence-corrected chi connectivity index (χ1v) is 10.9. The molecule has 1 aliphatic carbocycles. The lowest BCUT2D eigenvalue weighted by atomic mass is 10.0. The molecule has 6 nitrogen and oxygen atoms in total. The number of allylic oxidation sites excluding steroid dienone is 7. The van der Waals surface area contributed by atoms with Gasteiger partial charge in [-0.2, -0.15) is 0 Å². The van der Waals surface area contributed by atoms with E-state index in [2.05, 4.69) is 5.32 Å². The maximum Gasteiger partial charge on any atom is 0.203 e. The number of nitrogens with one attached hydrogen (secondary N) is 1. The number of carbonyl (C=O) groups excluding carboxylic acids is 1. The third kappa shape index (κ3) is 6.41. The zero-order chi connectivity index (χ0) is 26.1. The zero-order valence-electron chi connectivity index (χ0n) is 20.4. The number of ketones is 1. The molecule has 188 valence electrons. The van der Waals surface area contributed by atoms with Crippen LogP contribution in [0.5, 0.6) is 23.0 Å². The minimum Gasteiger partial charge on any atom is -0.494 e. The summed E-state index contributed by atoms with van der Waals surface area (Å²) in [5.41, 5.74) is 1.73. The predicted molar refractivity (Wildman–Crippen MR) is 137 cm³/mol. The lowest BCUT2D eigenvalue weighted by Crippen LogP contribution is -2.06. The number of carbonyl (C=O) groups is 1. The van der Waals surface area contributed by atoms with Crippen molar-refractivity contribution in [3.8, 4) is 23.0 Å². The number of methoxy groups -OCH3 is 4. The van der Waals surface area contributed by atoms with Gasteiger partial charge in [-0.15, -0.1) is 0 Å². The molecule has 1 aliphatic rings. The van der Waals surface area contributed by atoms with Gasteiger partial charge in [0.1, 0.15) is 5.83 Å². The van der Waals surface area contributed by atoms with Gasteiger partial charge in [0, 0.05) is 23.5 Å².